The van der Waals surface area contributed by atoms with E-state index in [4.69, 9.17) is 5.84 Å². The van der Waals surface area contributed by atoms with Crippen molar-refractivity contribution < 1.29 is 9.72 Å². The summed E-state index contributed by atoms with van der Waals surface area (Å²) in [6.45, 7) is 2.52. The van der Waals surface area contributed by atoms with Crippen LogP contribution in [0.2, 0.25) is 0 Å². The van der Waals surface area contributed by atoms with Crippen molar-refractivity contribution >= 4 is 23.2 Å². The molecule has 4 N–H and O–H groups in total. The maximum absolute atomic E-state index is 11.1. The van der Waals surface area contributed by atoms with E-state index in [0.717, 1.165) is 6.42 Å². The zero-order chi connectivity index (χ0) is 14.7. The molecule has 1 amide bonds. The van der Waals surface area contributed by atoms with E-state index in [0.29, 0.717) is 18.9 Å². The fraction of sp³-hybridized carbons (Fsp3) is 0.455. The Morgan fingerprint density at radius 3 is 2.95 bits per heavy atom. The molecule has 0 aromatic carbocycles. The second kappa shape index (κ2) is 5.70. The first-order valence-corrected chi connectivity index (χ1v) is 6.15. The van der Waals surface area contributed by atoms with Gasteiger partial charge < -0.3 is 15.6 Å². The van der Waals surface area contributed by atoms with Gasteiger partial charge in [-0.05, 0) is 12.5 Å². The Labute approximate surface area is 115 Å². The average molecular weight is 280 g/mol. The quantitative estimate of drug-likeness (QED) is 0.402. The average Bonchev–Trinajstić information content (AvgIpc) is 2.85. The van der Waals surface area contributed by atoms with Crippen LogP contribution in [-0.4, -0.2) is 34.9 Å². The molecule has 0 aliphatic carbocycles. The molecule has 1 aromatic rings. The lowest BCUT2D eigenvalue weighted by Crippen LogP contribution is -2.35. The lowest BCUT2D eigenvalue weighted by Gasteiger charge is -2.18. The smallest absolute Gasteiger partial charge is 0.311 e. The molecule has 2 rings (SSSR count). The minimum atomic E-state index is -0.478. The van der Waals surface area contributed by atoms with Crippen LogP contribution in [0.1, 0.15) is 13.3 Å². The van der Waals surface area contributed by atoms with Gasteiger partial charge >= 0.3 is 5.69 Å². The first kappa shape index (κ1) is 14.0. The Morgan fingerprint density at radius 2 is 2.35 bits per heavy atom. The number of hydrogen-bond acceptors (Lipinski definition) is 7. The minimum Gasteiger partial charge on any atom is -0.352 e. The molecule has 9 heteroatoms. The molecule has 1 atom stereocenters. The number of aromatic nitrogens is 1. The van der Waals surface area contributed by atoms with Crippen LogP contribution in [0.25, 0.3) is 0 Å². The molecule has 2 heterocycles. The van der Waals surface area contributed by atoms with E-state index < -0.39 is 4.92 Å². The maximum Gasteiger partial charge on any atom is 0.311 e. The number of hydrazine groups is 1. The van der Waals surface area contributed by atoms with Crippen LogP contribution in [0, 0.1) is 10.1 Å². The highest BCUT2D eigenvalue weighted by molar-refractivity contribution is 5.73. The number of nitrogen functional groups attached to an aromatic ring is 1. The number of amides is 1. The Hall–Kier alpha value is -2.42. The standard InChI is InChI=1S/C11H16N6O3/c1-7(18)13-8-4-5-16(6-8)11-9(17(19)20)2-3-10(14-11)15-12/h2-3,8H,4-6,12H2,1H3,(H,13,18)(H,14,15). The summed E-state index contributed by atoms with van der Waals surface area (Å²) in [5, 5.41) is 13.9. The fourth-order valence-corrected chi connectivity index (χ4v) is 2.25. The number of hydrogen-bond donors (Lipinski definition) is 3. The maximum atomic E-state index is 11.1. The predicted molar refractivity (Wildman–Crippen MR) is 73.1 cm³/mol. The van der Waals surface area contributed by atoms with E-state index >= 15 is 0 Å². The first-order valence-electron chi connectivity index (χ1n) is 6.15. The summed E-state index contributed by atoms with van der Waals surface area (Å²) in [4.78, 5) is 27.5. The summed E-state index contributed by atoms with van der Waals surface area (Å²) in [5.41, 5.74) is 2.29. The Bertz CT molecular complexity index is 535. The highest BCUT2D eigenvalue weighted by Crippen LogP contribution is 2.29. The first-order chi connectivity index (χ1) is 9.51. The van der Waals surface area contributed by atoms with Crippen molar-refractivity contribution in [2.75, 3.05) is 23.4 Å². The Balaban J connectivity index is 2.23. The number of carbonyl (C=O) groups excluding carboxylic acids is 1. The lowest BCUT2D eigenvalue weighted by atomic mass is 10.2. The molecule has 1 fully saturated rings. The molecular formula is C11H16N6O3. The van der Waals surface area contributed by atoms with Crippen LogP contribution < -0.4 is 21.5 Å². The van der Waals surface area contributed by atoms with E-state index in [1.165, 1.54) is 19.1 Å². The Kier molecular flexibility index (Phi) is 3.99. The van der Waals surface area contributed by atoms with Gasteiger partial charge in [-0.15, -0.1) is 0 Å². The van der Waals surface area contributed by atoms with Crippen LogP contribution >= 0.6 is 0 Å². The highest BCUT2D eigenvalue weighted by atomic mass is 16.6. The van der Waals surface area contributed by atoms with Crippen LogP contribution in [0.3, 0.4) is 0 Å². The van der Waals surface area contributed by atoms with Gasteiger partial charge in [0.05, 0.1) is 4.92 Å². The number of rotatable bonds is 4. The van der Waals surface area contributed by atoms with Crippen molar-refractivity contribution in [3.05, 3.63) is 22.2 Å². The summed E-state index contributed by atoms with van der Waals surface area (Å²) in [5.74, 6) is 5.78. The summed E-state index contributed by atoms with van der Waals surface area (Å²) >= 11 is 0. The van der Waals surface area contributed by atoms with Crippen LogP contribution in [0.15, 0.2) is 12.1 Å². The van der Waals surface area contributed by atoms with Crippen LogP contribution in [0.5, 0.6) is 0 Å². The molecule has 1 aromatic heterocycles. The van der Waals surface area contributed by atoms with Crippen molar-refractivity contribution in [2.45, 2.75) is 19.4 Å². The second-order valence-electron chi connectivity index (χ2n) is 4.57. The number of nitro groups is 1. The summed E-state index contributed by atoms with van der Waals surface area (Å²) < 4.78 is 0. The van der Waals surface area contributed by atoms with Gasteiger partial charge in [-0.3, -0.25) is 14.9 Å². The minimum absolute atomic E-state index is 0.0246. The molecule has 20 heavy (non-hydrogen) atoms. The monoisotopic (exact) mass is 280 g/mol. The van der Waals surface area contributed by atoms with E-state index in [2.05, 4.69) is 15.7 Å². The molecule has 1 saturated heterocycles. The number of carbonyl (C=O) groups is 1. The predicted octanol–water partition coefficient (Wildman–Crippen LogP) is -0.00980. The lowest BCUT2D eigenvalue weighted by molar-refractivity contribution is -0.384. The number of nitrogens with two attached hydrogens (primary N) is 1. The van der Waals surface area contributed by atoms with Crippen molar-refractivity contribution in [3.8, 4) is 0 Å². The summed E-state index contributed by atoms with van der Waals surface area (Å²) in [7, 11) is 0. The number of nitrogens with zero attached hydrogens (tertiary/aromatic N) is 3. The molecule has 0 spiro atoms. The molecule has 1 aliphatic rings. The molecular weight excluding hydrogens is 264 g/mol. The molecule has 0 bridgehead atoms. The van der Waals surface area contributed by atoms with Gasteiger partial charge in [-0.1, -0.05) is 0 Å². The second-order valence-corrected chi connectivity index (χ2v) is 4.57. The normalized spacial score (nSPS) is 17.9. The van der Waals surface area contributed by atoms with Gasteiger partial charge in [0.2, 0.25) is 11.7 Å². The van der Waals surface area contributed by atoms with Gasteiger partial charge in [0.15, 0.2) is 0 Å². The molecule has 1 aliphatic heterocycles. The van der Waals surface area contributed by atoms with Crippen molar-refractivity contribution in [3.63, 3.8) is 0 Å². The fourth-order valence-electron chi connectivity index (χ4n) is 2.25. The molecule has 0 saturated carbocycles. The number of nitrogens with one attached hydrogen (secondary N) is 2. The van der Waals surface area contributed by atoms with Gasteiger partial charge in [0.25, 0.3) is 0 Å². The molecule has 1 unspecified atom stereocenters. The highest BCUT2D eigenvalue weighted by Gasteiger charge is 2.29. The van der Waals surface area contributed by atoms with Gasteiger partial charge in [-0.2, -0.15) is 0 Å². The topological polar surface area (TPSA) is 126 Å². The zero-order valence-electron chi connectivity index (χ0n) is 11.0. The van der Waals surface area contributed by atoms with E-state index in [1.807, 2.05) is 0 Å². The largest absolute Gasteiger partial charge is 0.352 e. The number of anilines is 2. The molecule has 0 radical (unpaired) electrons. The van der Waals surface area contributed by atoms with E-state index in [1.54, 1.807) is 4.90 Å². The third-order valence-electron chi connectivity index (χ3n) is 3.09. The summed E-state index contributed by atoms with van der Waals surface area (Å²) in [6, 6.07) is 2.79. The van der Waals surface area contributed by atoms with E-state index in [-0.39, 0.29) is 23.5 Å². The number of pyridine rings is 1. The van der Waals surface area contributed by atoms with Crippen molar-refractivity contribution in [2.24, 2.45) is 5.84 Å². The summed E-state index contributed by atoms with van der Waals surface area (Å²) in [6.07, 6.45) is 0.721. The third-order valence-corrected chi connectivity index (χ3v) is 3.09. The van der Waals surface area contributed by atoms with Gasteiger partial charge in [-0.25, -0.2) is 10.8 Å². The van der Waals surface area contributed by atoms with Crippen molar-refractivity contribution in [1.29, 1.82) is 0 Å². The third kappa shape index (κ3) is 2.94. The van der Waals surface area contributed by atoms with Crippen molar-refractivity contribution in [1.82, 2.24) is 10.3 Å². The van der Waals surface area contributed by atoms with Crippen LogP contribution in [0.4, 0.5) is 17.3 Å². The Morgan fingerprint density at radius 1 is 1.60 bits per heavy atom. The van der Waals surface area contributed by atoms with Gasteiger partial charge in [0.1, 0.15) is 5.82 Å². The SMILES string of the molecule is CC(=O)NC1CCN(c2nc(NN)ccc2[N+](=O)[O-])C1. The molecule has 9 nitrogen and oxygen atoms in total. The zero-order valence-corrected chi connectivity index (χ0v) is 11.0. The molecule has 108 valence electrons. The van der Waals surface area contributed by atoms with Gasteiger partial charge in [0, 0.05) is 32.1 Å². The van der Waals surface area contributed by atoms with E-state index in [9.17, 15) is 14.9 Å². The van der Waals surface area contributed by atoms with Crippen LogP contribution in [-0.2, 0) is 4.79 Å².